The van der Waals surface area contributed by atoms with Crippen LogP contribution in [0.2, 0.25) is 0 Å². The maximum absolute atomic E-state index is 11.8. The van der Waals surface area contributed by atoms with Crippen molar-refractivity contribution in [3.8, 4) is 5.75 Å². The molecule has 0 aliphatic rings. The Morgan fingerprint density at radius 1 is 1.67 bits per heavy atom. The number of carbonyl (C=O) groups excluding carboxylic acids is 1. The van der Waals surface area contributed by atoms with Crippen LogP contribution in [0.15, 0.2) is 10.8 Å². The van der Waals surface area contributed by atoms with Crippen LogP contribution in [0.25, 0.3) is 0 Å². The van der Waals surface area contributed by atoms with Crippen molar-refractivity contribution in [3.63, 3.8) is 0 Å². The summed E-state index contributed by atoms with van der Waals surface area (Å²) >= 11 is 0. The molecule has 5 nitrogen and oxygen atoms in total. The number of nitrogens with zero attached hydrogens (tertiary/aromatic N) is 1. The molecule has 0 unspecified atom stereocenters. The summed E-state index contributed by atoms with van der Waals surface area (Å²) in [6.07, 6.45) is -1.66. The van der Waals surface area contributed by atoms with Crippen LogP contribution in [0, 0.1) is 0 Å². The maximum atomic E-state index is 11.8. The Morgan fingerprint density at radius 3 is 3.00 bits per heavy atom. The number of rotatable bonds is 5. The Morgan fingerprint density at radius 2 is 2.40 bits per heavy atom. The van der Waals surface area contributed by atoms with E-state index < -0.39 is 19.0 Å². The molecule has 7 heteroatoms. The lowest BCUT2D eigenvalue weighted by atomic mass is 10.4. The van der Waals surface area contributed by atoms with Crippen molar-refractivity contribution in [1.29, 1.82) is 0 Å². The largest absolute Gasteiger partial charge is 0.482 e. The molecular formula is C8H9F2NO4. The molecular weight excluding hydrogens is 212 g/mol. The van der Waals surface area contributed by atoms with Crippen molar-refractivity contribution in [2.24, 2.45) is 0 Å². The van der Waals surface area contributed by atoms with Crippen LogP contribution in [0.3, 0.4) is 0 Å². The van der Waals surface area contributed by atoms with Gasteiger partial charge < -0.3 is 14.0 Å². The second-order valence-corrected chi connectivity index (χ2v) is 2.45. The fourth-order valence-electron chi connectivity index (χ4n) is 0.820. The lowest BCUT2D eigenvalue weighted by Crippen LogP contribution is -2.11. The molecule has 0 aliphatic carbocycles. The third-order valence-electron chi connectivity index (χ3n) is 1.37. The molecule has 1 aromatic heterocycles. The summed E-state index contributed by atoms with van der Waals surface area (Å²) in [5.41, 5.74) is -0.238. The van der Waals surface area contributed by atoms with Gasteiger partial charge in [-0.3, -0.25) is 0 Å². The van der Waals surface area contributed by atoms with E-state index in [0.717, 1.165) is 6.26 Å². The van der Waals surface area contributed by atoms with Crippen molar-refractivity contribution >= 4 is 5.97 Å². The summed E-state index contributed by atoms with van der Waals surface area (Å²) in [4.78, 5) is 11.2. The zero-order chi connectivity index (χ0) is 11.3. The number of hydrogen-bond donors (Lipinski definition) is 0. The minimum Gasteiger partial charge on any atom is -0.482 e. The number of ether oxygens (including phenoxy) is 2. The van der Waals surface area contributed by atoms with E-state index in [0.29, 0.717) is 0 Å². The number of carbonyl (C=O) groups is 1. The molecule has 0 aromatic carbocycles. The Kier molecular flexibility index (Phi) is 4.02. The number of halogens is 2. The van der Waals surface area contributed by atoms with Crippen LogP contribution in [0.4, 0.5) is 8.78 Å². The highest BCUT2D eigenvalue weighted by atomic mass is 19.3. The van der Waals surface area contributed by atoms with Crippen molar-refractivity contribution in [2.45, 2.75) is 13.3 Å². The maximum Gasteiger partial charge on any atom is 0.364 e. The molecule has 1 rings (SSSR count). The monoisotopic (exact) mass is 221 g/mol. The van der Waals surface area contributed by atoms with Crippen molar-refractivity contribution in [2.75, 3.05) is 13.2 Å². The molecule has 0 amide bonds. The molecule has 0 spiro atoms. The van der Waals surface area contributed by atoms with Crippen LogP contribution < -0.4 is 4.74 Å². The van der Waals surface area contributed by atoms with Crippen molar-refractivity contribution < 1.29 is 27.6 Å². The molecule has 0 bridgehead atoms. The van der Waals surface area contributed by atoms with Gasteiger partial charge in [0.15, 0.2) is 12.0 Å². The second-order valence-electron chi connectivity index (χ2n) is 2.45. The normalized spacial score (nSPS) is 10.4. The first-order valence-electron chi connectivity index (χ1n) is 4.17. The molecule has 0 fully saturated rings. The zero-order valence-corrected chi connectivity index (χ0v) is 7.91. The first kappa shape index (κ1) is 11.4. The summed E-state index contributed by atoms with van der Waals surface area (Å²) in [5.74, 6) is -0.913. The summed E-state index contributed by atoms with van der Waals surface area (Å²) in [5, 5.41) is 3.29. The van der Waals surface area contributed by atoms with Gasteiger partial charge >= 0.3 is 5.97 Å². The molecule has 0 N–H and O–H groups in total. The third kappa shape index (κ3) is 3.19. The van der Waals surface area contributed by atoms with E-state index in [-0.39, 0.29) is 18.1 Å². The number of alkyl halides is 2. The SMILES string of the molecule is CCOC(=O)c1nocc1OCC(F)F. The molecule has 15 heavy (non-hydrogen) atoms. The fraction of sp³-hybridized carbons (Fsp3) is 0.500. The Balaban J connectivity index is 2.64. The van der Waals surface area contributed by atoms with Gasteiger partial charge in [0.1, 0.15) is 6.61 Å². The van der Waals surface area contributed by atoms with Crippen LogP contribution in [0.5, 0.6) is 5.75 Å². The summed E-state index contributed by atoms with van der Waals surface area (Å²) in [6, 6.07) is 0. The lowest BCUT2D eigenvalue weighted by Gasteiger charge is -2.03. The first-order chi connectivity index (χ1) is 7.15. The summed E-state index contributed by atoms with van der Waals surface area (Å²) < 4.78 is 37.3. The molecule has 0 saturated heterocycles. The smallest absolute Gasteiger partial charge is 0.364 e. The van der Waals surface area contributed by atoms with Crippen molar-refractivity contribution in [3.05, 3.63) is 12.0 Å². The van der Waals surface area contributed by atoms with E-state index in [1.165, 1.54) is 0 Å². The Hall–Kier alpha value is -1.66. The minimum atomic E-state index is -2.63. The number of esters is 1. The number of hydrogen-bond acceptors (Lipinski definition) is 5. The van der Waals surface area contributed by atoms with Crippen LogP contribution in [-0.2, 0) is 4.74 Å². The van der Waals surface area contributed by atoms with Gasteiger partial charge in [-0.15, -0.1) is 0 Å². The average Bonchev–Trinajstić information content (AvgIpc) is 2.62. The highest BCUT2D eigenvalue weighted by molar-refractivity contribution is 5.89. The van der Waals surface area contributed by atoms with E-state index in [1.807, 2.05) is 0 Å². The third-order valence-corrected chi connectivity index (χ3v) is 1.37. The summed E-state index contributed by atoms with van der Waals surface area (Å²) in [6.45, 7) is 0.936. The van der Waals surface area contributed by atoms with E-state index in [2.05, 4.69) is 19.2 Å². The van der Waals surface area contributed by atoms with Crippen LogP contribution in [0.1, 0.15) is 17.4 Å². The predicted molar refractivity (Wildman–Crippen MR) is 44.0 cm³/mol. The van der Waals surface area contributed by atoms with E-state index in [9.17, 15) is 13.6 Å². The molecule has 0 saturated carbocycles. The molecule has 1 aromatic rings. The first-order valence-corrected chi connectivity index (χ1v) is 4.17. The van der Waals surface area contributed by atoms with Gasteiger partial charge in [0.25, 0.3) is 6.43 Å². The van der Waals surface area contributed by atoms with Gasteiger partial charge in [0, 0.05) is 0 Å². The molecule has 0 radical (unpaired) electrons. The van der Waals surface area contributed by atoms with Crippen LogP contribution >= 0.6 is 0 Å². The Bertz CT molecular complexity index is 326. The van der Waals surface area contributed by atoms with Crippen LogP contribution in [-0.4, -0.2) is 30.8 Å². The van der Waals surface area contributed by atoms with Gasteiger partial charge in [0.2, 0.25) is 5.69 Å². The molecule has 1 heterocycles. The van der Waals surface area contributed by atoms with E-state index >= 15 is 0 Å². The highest BCUT2D eigenvalue weighted by Crippen LogP contribution is 2.18. The van der Waals surface area contributed by atoms with Gasteiger partial charge in [0.05, 0.1) is 6.61 Å². The van der Waals surface area contributed by atoms with Gasteiger partial charge in [-0.2, -0.15) is 0 Å². The molecule has 84 valence electrons. The highest BCUT2D eigenvalue weighted by Gasteiger charge is 2.19. The quantitative estimate of drug-likeness (QED) is 0.705. The predicted octanol–water partition coefficient (Wildman–Crippen LogP) is 1.50. The van der Waals surface area contributed by atoms with Gasteiger partial charge in [-0.05, 0) is 6.92 Å². The lowest BCUT2D eigenvalue weighted by molar-refractivity contribution is 0.0499. The molecule has 0 atom stereocenters. The Labute approximate surface area is 83.9 Å². The average molecular weight is 221 g/mol. The zero-order valence-electron chi connectivity index (χ0n) is 7.91. The topological polar surface area (TPSA) is 61.6 Å². The van der Waals surface area contributed by atoms with E-state index in [1.54, 1.807) is 6.92 Å². The van der Waals surface area contributed by atoms with E-state index in [4.69, 9.17) is 0 Å². The standard InChI is InChI=1S/C8H9F2NO4/c1-2-13-8(12)7-5(3-15-11-7)14-4-6(9)10/h3,6H,2,4H2,1H3. The molecule has 0 aliphatic heterocycles. The summed E-state index contributed by atoms with van der Waals surface area (Å²) in [7, 11) is 0. The van der Waals surface area contributed by atoms with Gasteiger partial charge in [-0.1, -0.05) is 5.16 Å². The number of aromatic nitrogens is 1. The van der Waals surface area contributed by atoms with Gasteiger partial charge in [-0.25, -0.2) is 13.6 Å². The second kappa shape index (κ2) is 5.28. The minimum absolute atomic E-state index is 0.145. The van der Waals surface area contributed by atoms with Crippen molar-refractivity contribution in [1.82, 2.24) is 5.16 Å². The fourth-order valence-corrected chi connectivity index (χ4v) is 0.820.